The van der Waals surface area contributed by atoms with Crippen LogP contribution in [0.15, 0.2) is 53.0 Å². The topological polar surface area (TPSA) is 66.8 Å². The van der Waals surface area contributed by atoms with Crippen LogP contribution in [0.5, 0.6) is 0 Å². The minimum atomic E-state index is -1.05. The van der Waals surface area contributed by atoms with Gasteiger partial charge in [-0.05, 0) is 52.2 Å². The van der Waals surface area contributed by atoms with Crippen LogP contribution in [0.4, 0.5) is 9.18 Å². The van der Waals surface area contributed by atoms with Gasteiger partial charge in [0.2, 0.25) is 0 Å². The Balaban J connectivity index is 1.87. The second-order valence-corrected chi connectivity index (χ2v) is 9.30. The SMILES string of the molecule is CN(CCC(C)(C)CCC(C(=O)O)c1cccc(Br)c1F)C(=O)OCc1ccccc1. The molecule has 0 aliphatic carbocycles. The molecule has 5 nitrogen and oxygen atoms in total. The molecule has 0 aliphatic heterocycles. The molecular formula is C24H29BrFNO4. The van der Waals surface area contributed by atoms with E-state index in [2.05, 4.69) is 15.9 Å². The second-order valence-electron chi connectivity index (χ2n) is 8.45. The summed E-state index contributed by atoms with van der Waals surface area (Å²) in [6, 6.07) is 14.2. The van der Waals surface area contributed by atoms with E-state index >= 15 is 0 Å². The van der Waals surface area contributed by atoms with Gasteiger partial charge >= 0.3 is 12.1 Å². The third-order valence-electron chi connectivity index (χ3n) is 5.41. The Labute approximate surface area is 191 Å². The van der Waals surface area contributed by atoms with Gasteiger partial charge in [0, 0.05) is 19.2 Å². The van der Waals surface area contributed by atoms with Crippen LogP contribution in [0.1, 0.15) is 50.2 Å². The Bertz CT molecular complexity index is 888. The highest BCUT2D eigenvalue weighted by Crippen LogP contribution is 2.34. The van der Waals surface area contributed by atoms with E-state index in [9.17, 15) is 19.1 Å². The molecule has 0 saturated heterocycles. The van der Waals surface area contributed by atoms with Crippen molar-refractivity contribution in [3.63, 3.8) is 0 Å². The Hall–Kier alpha value is -2.41. The van der Waals surface area contributed by atoms with Crippen molar-refractivity contribution < 1.29 is 23.8 Å². The summed E-state index contributed by atoms with van der Waals surface area (Å²) in [6.45, 7) is 4.73. The fourth-order valence-corrected chi connectivity index (χ4v) is 3.63. The van der Waals surface area contributed by atoms with Crippen molar-refractivity contribution in [2.45, 2.75) is 45.6 Å². The van der Waals surface area contributed by atoms with Gasteiger partial charge in [-0.2, -0.15) is 0 Å². The second kappa shape index (κ2) is 11.3. The average molecular weight is 494 g/mol. The number of carbonyl (C=O) groups is 2. The highest BCUT2D eigenvalue weighted by molar-refractivity contribution is 9.10. The third kappa shape index (κ3) is 7.65. The molecule has 0 radical (unpaired) electrons. The number of nitrogens with zero attached hydrogens (tertiary/aromatic N) is 1. The van der Waals surface area contributed by atoms with E-state index in [1.54, 1.807) is 19.2 Å². The first kappa shape index (κ1) is 24.9. The van der Waals surface area contributed by atoms with Crippen LogP contribution in [-0.2, 0) is 16.1 Å². The van der Waals surface area contributed by atoms with E-state index in [1.807, 2.05) is 44.2 Å². The molecular weight excluding hydrogens is 465 g/mol. The highest BCUT2D eigenvalue weighted by atomic mass is 79.9. The van der Waals surface area contributed by atoms with Crippen molar-refractivity contribution in [3.8, 4) is 0 Å². The number of hydrogen-bond acceptors (Lipinski definition) is 3. The molecule has 0 spiro atoms. The van der Waals surface area contributed by atoms with Gasteiger partial charge in [0.15, 0.2) is 0 Å². The maximum Gasteiger partial charge on any atom is 0.409 e. The quantitative estimate of drug-likeness (QED) is 0.426. The number of hydrogen-bond donors (Lipinski definition) is 1. The Kier molecular flexibility index (Phi) is 9.04. The summed E-state index contributed by atoms with van der Waals surface area (Å²) in [5.74, 6) is -2.51. The molecule has 2 aromatic carbocycles. The predicted octanol–water partition coefficient (Wildman–Crippen LogP) is 6.22. The van der Waals surface area contributed by atoms with Crippen molar-refractivity contribution in [2.75, 3.05) is 13.6 Å². The number of carboxylic acid groups (broad SMARTS) is 1. The van der Waals surface area contributed by atoms with Gasteiger partial charge < -0.3 is 14.7 Å². The number of benzene rings is 2. The van der Waals surface area contributed by atoms with Crippen LogP contribution in [0.2, 0.25) is 0 Å². The Morgan fingerprint density at radius 2 is 1.81 bits per heavy atom. The molecule has 1 atom stereocenters. The summed E-state index contributed by atoms with van der Waals surface area (Å²) in [5.41, 5.74) is 0.868. The van der Waals surface area contributed by atoms with Crippen LogP contribution in [0.3, 0.4) is 0 Å². The van der Waals surface area contributed by atoms with E-state index in [-0.39, 0.29) is 22.1 Å². The van der Waals surface area contributed by atoms with E-state index < -0.39 is 23.8 Å². The number of carboxylic acids is 1. The van der Waals surface area contributed by atoms with Gasteiger partial charge in [0.05, 0.1) is 10.4 Å². The van der Waals surface area contributed by atoms with Crippen LogP contribution in [0, 0.1) is 11.2 Å². The fourth-order valence-electron chi connectivity index (χ4n) is 3.25. The standard InChI is InChI=1S/C24H29BrFNO4/c1-24(2,13-12-19(22(28)29)18-10-7-11-20(25)21(18)26)14-15-27(3)23(30)31-16-17-8-5-4-6-9-17/h4-11,19H,12-16H2,1-3H3,(H,28,29). The van der Waals surface area contributed by atoms with Crippen LogP contribution >= 0.6 is 15.9 Å². The van der Waals surface area contributed by atoms with Crippen molar-refractivity contribution >= 4 is 28.0 Å². The predicted molar refractivity (Wildman–Crippen MR) is 121 cm³/mol. The maximum atomic E-state index is 14.4. The van der Waals surface area contributed by atoms with Gasteiger partial charge in [-0.1, -0.05) is 56.3 Å². The van der Waals surface area contributed by atoms with Crippen LogP contribution in [-0.4, -0.2) is 35.7 Å². The minimum absolute atomic E-state index is 0.180. The van der Waals surface area contributed by atoms with E-state index in [4.69, 9.17) is 4.74 Å². The van der Waals surface area contributed by atoms with Gasteiger partial charge in [-0.15, -0.1) is 0 Å². The van der Waals surface area contributed by atoms with Gasteiger partial charge in [0.1, 0.15) is 12.4 Å². The Morgan fingerprint density at radius 3 is 2.45 bits per heavy atom. The molecule has 0 bridgehead atoms. The van der Waals surface area contributed by atoms with Crippen molar-refractivity contribution in [1.82, 2.24) is 4.90 Å². The molecule has 1 unspecified atom stereocenters. The van der Waals surface area contributed by atoms with Gasteiger partial charge in [0.25, 0.3) is 0 Å². The molecule has 0 aromatic heterocycles. The summed E-state index contributed by atoms with van der Waals surface area (Å²) >= 11 is 3.12. The fraction of sp³-hybridized carbons (Fsp3) is 0.417. The molecule has 1 N–H and O–H groups in total. The summed E-state index contributed by atoms with van der Waals surface area (Å²) in [6.07, 6.45) is 1.14. The van der Waals surface area contributed by atoms with Crippen LogP contribution in [0.25, 0.3) is 0 Å². The summed E-state index contributed by atoms with van der Waals surface area (Å²) in [4.78, 5) is 25.5. The monoisotopic (exact) mass is 493 g/mol. The number of amides is 1. The van der Waals surface area contributed by atoms with Crippen molar-refractivity contribution in [1.29, 1.82) is 0 Å². The lowest BCUT2D eigenvalue weighted by Crippen LogP contribution is -2.31. The number of ether oxygens (including phenoxy) is 1. The first-order chi connectivity index (χ1) is 14.6. The molecule has 1 amide bonds. The summed E-state index contributed by atoms with van der Waals surface area (Å²) in [7, 11) is 1.68. The maximum absolute atomic E-state index is 14.4. The zero-order chi connectivity index (χ0) is 23.0. The Morgan fingerprint density at radius 1 is 1.13 bits per heavy atom. The smallest absolute Gasteiger partial charge is 0.409 e. The highest BCUT2D eigenvalue weighted by Gasteiger charge is 2.28. The van der Waals surface area contributed by atoms with Gasteiger partial charge in [-0.3, -0.25) is 4.79 Å². The number of aliphatic carboxylic acids is 1. The molecule has 0 fully saturated rings. The van der Waals surface area contributed by atoms with Crippen LogP contribution < -0.4 is 0 Å². The molecule has 168 valence electrons. The first-order valence-electron chi connectivity index (χ1n) is 10.2. The zero-order valence-electron chi connectivity index (χ0n) is 18.1. The molecule has 0 saturated carbocycles. The average Bonchev–Trinajstić information content (AvgIpc) is 2.73. The lowest BCUT2D eigenvalue weighted by Gasteiger charge is -2.28. The largest absolute Gasteiger partial charge is 0.481 e. The lowest BCUT2D eigenvalue weighted by atomic mass is 9.80. The van der Waals surface area contributed by atoms with E-state index in [0.717, 1.165) is 5.56 Å². The van der Waals surface area contributed by atoms with Crippen molar-refractivity contribution in [2.24, 2.45) is 5.41 Å². The first-order valence-corrected chi connectivity index (χ1v) is 11.0. The molecule has 31 heavy (non-hydrogen) atoms. The number of halogens is 2. The molecule has 0 heterocycles. The number of carbonyl (C=O) groups excluding carboxylic acids is 1. The minimum Gasteiger partial charge on any atom is -0.481 e. The third-order valence-corrected chi connectivity index (χ3v) is 6.02. The van der Waals surface area contributed by atoms with E-state index in [1.165, 1.54) is 11.0 Å². The zero-order valence-corrected chi connectivity index (χ0v) is 19.7. The molecule has 2 aromatic rings. The molecule has 0 aliphatic rings. The summed E-state index contributed by atoms with van der Waals surface area (Å²) in [5, 5.41) is 9.63. The number of rotatable bonds is 10. The summed E-state index contributed by atoms with van der Waals surface area (Å²) < 4.78 is 20.0. The molecule has 7 heteroatoms. The van der Waals surface area contributed by atoms with Gasteiger partial charge in [-0.25, -0.2) is 9.18 Å². The normalized spacial score (nSPS) is 12.3. The van der Waals surface area contributed by atoms with E-state index in [0.29, 0.717) is 25.8 Å². The molecule has 2 rings (SSSR count). The lowest BCUT2D eigenvalue weighted by molar-refractivity contribution is -0.139. The van der Waals surface area contributed by atoms with Crippen molar-refractivity contribution in [3.05, 3.63) is 69.9 Å².